The van der Waals surface area contributed by atoms with Crippen molar-refractivity contribution in [2.24, 2.45) is 5.92 Å². The summed E-state index contributed by atoms with van der Waals surface area (Å²) in [7, 11) is 0. The van der Waals surface area contributed by atoms with Crippen LogP contribution in [0.4, 0.5) is 0 Å². The molecular formula is C12H24N2O. The highest BCUT2D eigenvalue weighted by atomic mass is 16.1. The number of carbonyl (C=O) groups excluding carboxylic acids is 1. The van der Waals surface area contributed by atoms with Gasteiger partial charge in [0.1, 0.15) is 0 Å². The Balaban J connectivity index is 1.96. The smallest absolute Gasteiger partial charge is 0.221 e. The van der Waals surface area contributed by atoms with E-state index in [1.54, 1.807) is 0 Å². The summed E-state index contributed by atoms with van der Waals surface area (Å²) in [6.07, 6.45) is 4.12. The van der Waals surface area contributed by atoms with E-state index in [1.807, 2.05) is 0 Å². The standard InChI is InChI=1S/C12H24N2O/c1-9(2)8-10(3)13-7-6-12(15)14-11-4-5-11/h9-11,13H,4-8H2,1-3H3,(H,14,15). The molecule has 88 valence electrons. The van der Waals surface area contributed by atoms with Crippen LogP contribution in [-0.2, 0) is 4.79 Å². The third kappa shape index (κ3) is 6.50. The van der Waals surface area contributed by atoms with Crippen molar-refractivity contribution < 1.29 is 4.79 Å². The van der Waals surface area contributed by atoms with Crippen molar-refractivity contribution in [2.45, 2.75) is 58.5 Å². The van der Waals surface area contributed by atoms with Crippen LogP contribution in [0.25, 0.3) is 0 Å². The van der Waals surface area contributed by atoms with Crippen LogP contribution in [0.2, 0.25) is 0 Å². The molecule has 0 aromatic heterocycles. The van der Waals surface area contributed by atoms with Crippen LogP contribution in [0.1, 0.15) is 46.5 Å². The van der Waals surface area contributed by atoms with Crippen molar-refractivity contribution in [1.82, 2.24) is 10.6 Å². The second-order valence-corrected chi connectivity index (χ2v) is 5.08. The Bertz CT molecular complexity index is 200. The number of hydrogen-bond donors (Lipinski definition) is 2. The second kappa shape index (κ2) is 6.11. The highest BCUT2D eigenvalue weighted by Crippen LogP contribution is 2.18. The zero-order valence-corrected chi connectivity index (χ0v) is 10.2. The van der Waals surface area contributed by atoms with Crippen molar-refractivity contribution in [3.05, 3.63) is 0 Å². The minimum atomic E-state index is 0.196. The minimum Gasteiger partial charge on any atom is -0.353 e. The number of carbonyl (C=O) groups is 1. The van der Waals surface area contributed by atoms with Crippen LogP contribution >= 0.6 is 0 Å². The predicted molar refractivity (Wildman–Crippen MR) is 62.7 cm³/mol. The molecule has 1 atom stereocenters. The quantitative estimate of drug-likeness (QED) is 0.674. The van der Waals surface area contributed by atoms with Gasteiger partial charge in [0.05, 0.1) is 0 Å². The first-order valence-corrected chi connectivity index (χ1v) is 6.10. The summed E-state index contributed by atoms with van der Waals surface area (Å²) < 4.78 is 0. The van der Waals surface area contributed by atoms with Gasteiger partial charge in [-0.2, -0.15) is 0 Å². The van der Waals surface area contributed by atoms with Gasteiger partial charge in [-0.1, -0.05) is 13.8 Å². The Morgan fingerprint density at radius 1 is 1.33 bits per heavy atom. The van der Waals surface area contributed by atoms with Crippen molar-refractivity contribution in [3.63, 3.8) is 0 Å². The topological polar surface area (TPSA) is 41.1 Å². The average Bonchev–Trinajstić information content (AvgIpc) is 2.86. The highest BCUT2D eigenvalue weighted by molar-refractivity contribution is 5.76. The van der Waals surface area contributed by atoms with Gasteiger partial charge in [-0.3, -0.25) is 4.79 Å². The number of amides is 1. The lowest BCUT2D eigenvalue weighted by Crippen LogP contribution is -2.33. The molecule has 1 aliphatic carbocycles. The van der Waals surface area contributed by atoms with E-state index in [9.17, 15) is 4.79 Å². The van der Waals surface area contributed by atoms with Crippen LogP contribution < -0.4 is 10.6 Å². The summed E-state index contributed by atoms with van der Waals surface area (Å²) in [5.74, 6) is 0.912. The SMILES string of the molecule is CC(C)CC(C)NCCC(=O)NC1CC1. The van der Waals surface area contributed by atoms with Crippen LogP contribution in [0, 0.1) is 5.92 Å². The summed E-state index contributed by atoms with van der Waals surface area (Å²) in [4.78, 5) is 11.3. The van der Waals surface area contributed by atoms with E-state index < -0.39 is 0 Å². The predicted octanol–water partition coefficient (Wildman–Crippen LogP) is 1.68. The zero-order chi connectivity index (χ0) is 11.3. The van der Waals surface area contributed by atoms with E-state index in [0.717, 1.165) is 6.54 Å². The minimum absolute atomic E-state index is 0.196. The molecule has 1 rings (SSSR count). The molecule has 0 aromatic rings. The first kappa shape index (κ1) is 12.5. The van der Waals surface area contributed by atoms with Gasteiger partial charge in [0.15, 0.2) is 0 Å². The number of rotatable bonds is 7. The van der Waals surface area contributed by atoms with Crippen LogP contribution in [-0.4, -0.2) is 24.5 Å². The maximum Gasteiger partial charge on any atom is 0.221 e. The van der Waals surface area contributed by atoms with Crippen LogP contribution in [0.3, 0.4) is 0 Å². The number of nitrogens with one attached hydrogen (secondary N) is 2. The molecule has 0 bridgehead atoms. The summed E-state index contributed by atoms with van der Waals surface area (Å²) in [6.45, 7) is 7.42. The first-order chi connectivity index (χ1) is 7.08. The van der Waals surface area contributed by atoms with E-state index in [2.05, 4.69) is 31.4 Å². The molecule has 0 radical (unpaired) electrons. The average molecular weight is 212 g/mol. The van der Waals surface area contributed by atoms with Crippen molar-refractivity contribution in [2.75, 3.05) is 6.54 Å². The summed E-state index contributed by atoms with van der Waals surface area (Å²) in [5.41, 5.74) is 0. The normalized spacial score (nSPS) is 17.9. The maximum absolute atomic E-state index is 11.3. The Morgan fingerprint density at radius 2 is 2.00 bits per heavy atom. The largest absolute Gasteiger partial charge is 0.353 e. The Hall–Kier alpha value is -0.570. The van der Waals surface area contributed by atoms with Gasteiger partial charge in [0, 0.05) is 25.0 Å². The molecule has 0 saturated heterocycles. The van der Waals surface area contributed by atoms with Crippen molar-refractivity contribution in [3.8, 4) is 0 Å². The third-order valence-electron chi connectivity index (χ3n) is 2.61. The van der Waals surface area contributed by atoms with Gasteiger partial charge in [-0.05, 0) is 32.1 Å². The zero-order valence-electron chi connectivity index (χ0n) is 10.2. The molecule has 15 heavy (non-hydrogen) atoms. The molecule has 0 aliphatic heterocycles. The third-order valence-corrected chi connectivity index (χ3v) is 2.61. The lowest BCUT2D eigenvalue weighted by atomic mass is 10.1. The molecule has 1 fully saturated rings. The molecule has 0 spiro atoms. The van der Waals surface area contributed by atoms with E-state index in [4.69, 9.17) is 0 Å². The molecule has 1 amide bonds. The Labute approximate surface area is 93.0 Å². The second-order valence-electron chi connectivity index (χ2n) is 5.08. The molecule has 0 heterocycles. The fraction of sp³-hybridized carbons (Fsp3) is 0.917. The summed E-state index contributed by atoms with van der Waals surface area (Å²) >= 11 is 0. The van der Waals surface area contributed by atoms with Crippen LogP contribution in [0.5, 0.6) is 0 Å². The molecule has 2 N–H and O–H groups in total. The van der Waals surface area contributed by atoms with Gasteiger partial charge in [-0.25, -0.2) is 0 Å². The van der Waals surface area contributed by atoms with Crippen molar-refractivity contribution in [1.29, 1.82) is 0 Å². The lowest BCUT2D eigenvalue weighted by molar-refractivity contribution is -0.121. The highest BCUT2D eigenvalue weighted by Gasteiger charge is 2.22. The fourth-order valence-electron chi connectivity index (χ4n) is 1.75. The molecule has 0 aromatic carbocycles. The van der Waals surface area contributed by atoms with E-state index >= 15 is 0 Å². The van der Waals surface area contributed by atoms with Gasteiger partial charge >= 0.3 is 0 Å². The van der Waals surface area contributed by atoms with E-state index in [-0.39, 0.29) is 5.91 Å². The number of hydrogen-bond acceptors (Lipinski definition) is 2. The summed E-state index contributed by atoms with van der Waals surface area (Å²) in [6, 6.07) is 1.00. The molecule has 3 heteroatoms. The van der Waals surface area contributed by atoms with Gasteiger partial charge < -0.3 is 10.6 Å². The van der Waals surface area contributed by atoms with Gasteiger partial charge in [0.2, 0.25) is 5.91 Å². The summed E-state index contributed by atoms with van der Waals surface area (Å²) in [5, 5.41) is 6.37. The Kier molecular flexibility index (Phi) is 5.09. The van der Waals surface area contributed by atoms with E-state index in [1.165, 1.54) is 19.3 Å². The molecule has 3 nitrogen and oxygen atoms in total. The van der Waals surface area contributed by atoms with Gasteiger partial charge in [-0.15, -0.1) is 0 Å². The monoisotopic (exact) mass is 212 g/mol. The fourth-order valence-corrected chi connectivity index (χ4v) is 1.75. The molecule has 1 saturated carbocycles. The lowest BCUT2D eigenvalue weighted by Gasteiger charge is -2.15. The maximum atomic E-state index is 11.3. The first-order valence-electron chi connectivity index (χ1n) is 6.10. The molecule has 1 unspecified atom stereocenters. The van der Waals surface area contributed by atoms with Crippen molar-refractivity contribution >= 4 is 5.91 Å². The van der Waals surface area contributed by atoms with Crippen LogP contribution in [0.15, 0.2) is 0 Å². The molecular weight excluding hydrogens is 188 g/mol. The Morgan fingerprint density at radius 3 is 2.53 bits per heavy atom. The van der Waals surface area contributed by atoms with Gasteiger partial charge in [0.25, 0.3) is 0 Å². The molecule has 1 aliphatic rings. The van der Waals surface area contributed by atoms with E-state index in [0.29, 0.717) is 24.4 Å².